The number of nitrogens with zero attached hydrogens (tertiary/aromatic N) is 3. The summed E-state index contributed by atoms with van der Waals surface area (Å²) < 4.78 is 20.9. The van der Waals surface area contributed by atoms with E-state index in [9.17, 15) is 24.0 Å². The number of rotatable bonds is 12. The lowest BCUT2D eigenvalue weighted by atomic mass is 10.1. The molecule has 0 spiro atoms. The molecule has 4 N–H and O–H groups in total. The van der Waals surface area contributed by atoms with E-state index in [0.717, 1.165) is 31.7 Å². The van der Waals surface area contributed by atoms with Crippen LogP contribution in [-0.2, 0) is 28.7 Å². The van der Waals surface area contributed by atoms with E-state index in [2.05, 4.69) is 5.32 Å². The van der Waals surface area contributed by atoms with Crippen LogP contribution in [0.1, 0.15) is 12.5 Å². The number of amides is 1. The number of benzene rings is 1. The summed E-state index contributed by atoms with van der Waals surface area (Å²) >= 11 is 0. The van der Waals surface area contributed by atoms with Crippen LogP contribution in [0.15, 0.2) is 30.4 Å². The van der Waals surface area contributed by atoms with Gasteiger partial charge in [0.2, 0.25) is 11.7 Å². The van der Waals surface area contributed by atoms with Gasteiger partial charge in [-0.2, -0.15) is 0 Å². The van der Waals surface area contributed by atoms with Crippen LogP contribution < -0.4 is 19.5 Å². The van der Waals surface area contributed by atoms with Crippen molar-refractivity contribution in [2.24, 2.45) is 0 Å². The molecule has 0 unspecified atom stereocenters. The molecule has 2 fully saturated rings. The minimum absolute atomic E-state index is 0.0791. The van der Waals surface area contributed by atoms with Crippen molar-refractivity contribution in [3.05, 3.63) is 35.9 Å². The number of carboxylic acids is 3. The van der Waals surface area contributed by atoms with Crippen molar-refractivity contribution < 1.29 is 58.2 Å². The minimum atomic E-state index is -1.26. The van der Waals surface area contributed by atoms with Crippen molar-refractivity contribution in [2.45, 2.75) is 6.92 Å². The normalized spacial score (nSPS) is 15.2. The van der Waals surface area contributed by atoms with Gasteiger partial charge in [-0.3, -0.25) is 24.2 Å². The highest BCUT2D eigenvalue weighted by atomic mass is 16.5. The summed E-state index contributed by atoms with van der Waals surface area (Å²) in [5.74, 6) is -2.00. The Kier molecular flexibility index (Phi) is 18.8. The Hall–Kier alpha value is -4.67. The topological polar surface area (TPSA) is 205 Å². The Morgan fingerprint density at radius 1 is 0.761 bits per heavy atom. The van der Waals surface area contributed by atoms with Crippen molar-refractivity contribution in [2.75, 3.05) is 93.4 Å². The molecule has 2 heterocycles. The van der Waals surface area contributed by atoms with E-state index in [1.54, 1.807) is 51.4 Å². The number of carbonyl (C=O) groups excluding carboxylic acids is 2. The van der Waals surface area contributed by atoms with E-state index in [-0.39, 0.29) is 25.0 Å². The van der Waals surface area contributed by atoms with Crippen molar-refractivity contribution >= 4 is 35.9 Å². The van der Waals surface area contributed by atoms with Crippen LogP contribution in [-0.4, -0.2) is 153 Å². The van der Waals surface area contributed by atoms with Crippen molar-refractivity contribution in [1.29, 1.82) is 0 Å². The predicted molar refractivity (Wildman–Crippen MR) is 166 cm³/mol. The second kappa shape index (κ2) is 21.9. The third kappa shape index (κ3) is 15.9. The number of hydrogen-bond acceptors (Lipinski definition) is 12. The van der Waals surface area contributed by atoms with Crippen LogP contribution in [0.4, 0.5) is 0 Å². The maximum absolute atomic E-state index is 12.5. The fourth-order valence-corrected chi connectivity index (χ4v) is 4.19. The van der Waals surface area contributed by atoms with Gasteiger partial charge in [0, 0.05) is 70.6 Å². The van der Waals surface area contributed by atoms with Crippen LogP contribution in [0.5, 0.6) is 17.2 Å². The summed E-state index contributed by atoms with van der Waals surface area (Å²) in [5.41, 5.74) is 0.767. The molecule has 0 aliphatic carbocycles. The lowest BCUT2D eigenvalue weighted by molar-refractivity contribution is -0.145. The molecule has 1 amide bonds. The van der Waals surface area contributed by atoms with Crippen molar-refractivity contribution in [1.82, 2.24) is 20.0 Å². The summed E-state index contributed by atoms with van der Waals surface area (Å²) in [5, 5.41) is 27.2. The first-order valence-corrected chi connectivity index (χ1v) is 14.4. The predicted octanol–water partition coefficient (Wildman–Crippen LogP) is 0.121. The van der Waals surface area contributed by atoms with Gasteiger partial charge in [0.1, 0.15) is 0 Å². The average Bonchev–Trinajstić information content (AvgIpc) is 3.03. The maximum atomic E-state index is 12.5. The number of carbonyl (C=O) groups is 5. The SMILES string of the molecule is CCOC(=O)CN1CCN(C(=O)/C=C\c2cc(OC)c(OC)c(OC)c2)CC1.O=C(O)/C=C\C(=O)O.O=C(O)CN1CCNCC1. The van der Waals surface area contributed by atoms with E-state index in [1.807, 2.05) is 9.80 Å². The number of ether oxygens (including phenoxy) is 4. The Bertz CT molecular complexity index is 1170. The molecule has 0 radical (unpaired) electrons. The molecule has 46 heavy (non-hydrogen) atoms. The van der Waals surface area contributed by atoms with Gasteiger partial charge in [-0.15, -0.1) is 0 Å². The Balaban J connectivity index is 0.000000477. The van der Waals surface area contributed by atoms with Crippen LogP contribution in [0, 0.1) is 0 Å². The first-order valence-electron chi connectivity index (χ1n) is 14.4. The minimum Gasteiger partial charge on any atom is -0.493 e. The Morgan fingerprint density at radius 2 is 1.28 bits per heavy atom. The highest BCUT2D eigenvalue weighted by molar-refractivity contribution is 5.92. The molecule has 2 aliphatic heterocycles. The van der Waals surface area contributed by atoms with Gasteiger partial charge >= 0.3 is 23.9 Å². The first kappa shape index (κ1) is 39.4. The van der Waals surface area contributed by atoms with E-state index < -0.39 is 17.9 Å². The molecular formula is C30H44N4O12. The molecule has 0 atom stereocenters. The smallest absolute Gasteiger partial charge is 0.328 e. The van der Waals surface area contributed by atoms with E-state index in [1.165, 1.54) is 6.08 Å². The van der Waals surface area contributed by atoms with Crippen LogP contribution in [0.3, 0.4) is 0 Å². The fraction of sp³-hybridized carbons (Fsp3) is 0.500. The molecule has 0 aromatic heterocycles. The number of aliphatic carboxylic acids is 3. The lowest BCUT2D eigenvalue weighted by Gasteiger charge is -2.33. The van der Waals surface area contributed by atoms with Gasteiger partial charge in [-0.25, -0.2) is 9.59 Å². The number of esters is 1. The highest BCUT2D eigenvalue weighted by Gasteiger charge is 2.21. The molecule has 1 aromatic rings. The number of piperazine rings is 2. The van der Waals surface area contributed by atoms with Crippen LogP contribution >= 0.6 is 0 Å². The molecule has 256 valence electrons. The van der Waals surface area contributed by atoms with E-state index in [4.69, 9.17) is 34.3 Å². The van der Waals surface area contributed by atoms with E-state index >= 15 is 0 Å². The maximum Gasteiger partial charge on any atom is 0.328 e. The first-order chi connectivity index (χ1) is 21.9. The fourth-order valence-electron chi connectivity index (χ4n) is 4.19. The van der Waals surface area contributed by atoms with Gasteiger partial charge in [-0.05, 0) is 30.7 Å². The van der Waals surface area contributed by atoms with Gasteiger partial charge in [-0.1, -0.05) is 0 Å². The Morgan fingerprint density at radius 3 is 1.72 bits per heavy atom. The number of carboxylic acid groups (broad SMARTS) is 3. The van der Waals surface area contributed by atoms with E-state index in [0.29, 0.717) is 62.2 Å². The molecule has 2 aliphatic rings. The molecule has 16 nitrogen and oxygen atoms in total. The summed E-state index contributed by atoms with van der Waals surface area (Å²) in [6.07, 6.45) is 4.37. The van der Waals surface area contributed by atoms with Gasteiger partial charge in [0.25, 0.3) is 0 Å². The highest BCUT2D eigenvalue weighted by Crippen LogP contribution is 2.38. The van der Waals surface area contributed by atoms with Gasteiger partial charge in [0.05, 0.1) is 41.0 Å². The zero-order valence-corrected chi connectivity index (χ0v) is 26.6. The monoisotopic (exact) mass is 652 g/mol. The summed E-state index contributed by atoms with van der Waals surface area (Å²) in [6.45, 7) is 8.55. The lowest BCUT2D eigenvalue weighted by Crippen LogP contribution is -2.49. The molecule has 0 saturated carbocycles. The summed E-state index contributed by atoms with van der Waals surface area (Å²) in [4.78, 5) is 59.0. The zero-order chi connectivity index (χ0) is 34.5. The second-order valence-electron chi connectivity index (χ2n) is 9.63. The molecule has 3 rings (SSSR count). The standard InChI is InChI=1S/C20H28N2O6.C6H12N2O2.C4H4O4/c1-5-28-19(24)14-21-8-10-22(11-9-21)18(23)7-6-15-12-16(25-2)20(27-4)17(13-15)26-3;9-6(10)5-8-3-1-7-2-4-8;5-3(6)1-2-4(7)8/h6-7,12-13H,5,8-11,14H2,1-4H3;7H,1-5H2,(H,9,10);1-2H,(H,5,6)(H,7,8)/b7-6-;;2-1-. The zero-order valence-electron chi connectivity index (χ0n) is 26.6. The second-order valence-corrected chi connectivity index (χ2v) is 9.63. The quantitative estimate of drug-likeness (QED) is 0.175. The van der Waals surface area contributed by atoms with Gasteiger partial charge < -0.3 is 44.5 Å². The van der Waals surface area contributed by atoms with Gasteiger partial charge in [0.15, 0.2) is 11.5 Å². The van der Waals surface area contributed by atoms with Crippen LogP contribution in [0.25, 0.3) is 6.08 Å². The number of methoxy groups -OCH3 is 3. The van der Waals surface area contributed by atoms with Crippen LogP contribution in [0.2, 0.25) is 0 Å². The van der Waals surface area contributed by atoms with Crippen molar-refractivity contribution in [3.63, 3.8) is 0 Å². The number of hydrogen-bond donors (Lipinski definition) is 4. The third-order valence-corrected chi connectivity index (χ3v) is 6.38. The largest absolute Gasteiger partial charge is 0.493 e. The third-order valence-electron chi connectivity index (χ3n) is 6.38. The molecule has 0 bridgehead atoms. The molecule has 2 saturated heterocycles. The summed E-state index contributed by atoms with van der Waals surface area (Å²) in [6, 6.07) is 3.56. The number of nitrogens with one attached hydrogen (secondary N) is 1. The average molecular weight is 653 g/mol. The molecule has 1 aromatic carbocycles. The Labute approximate surface area is 267 Å². The van der Waals surface area contributed by atoms with Crippen molar-refractivity contribution in [3.8, 4) is 17.2 Å². The molecular weight excluding hydrogens is 608 g/mol. The molecule has 16 heteroatoms. The summed E-state index contributed by atoms with van der Waals surface area (Å²) in [7, 11) is 4.64.